The monoisotopic (exact) mass is 433 g/mol. The molecule has 1 amide bonds. The largest absolute Gasteiger partial charge is 0.451 e. The van der Waals surface area contributed by atoms with Gasteiger partial charge in [0.25, 0.3) is 0 Å². The Hall–Kier alpha value is -3.31. The van der Waals surface area contributed by atoms with E-state index < -0.39 is 5.91 Å². The predicted molar refractivity (Wildman–Crippen MR) is 126 cm³/mol. The predicted octanol–water partition coefficient (Wildman–Crippen LogP) is 6.13. The summed E-state index contributed by atoms with van der Waals surface area (Å²) in [7, 11) is 0. The van der Waals surface area contributed by atoms with Gasteiger partial charge in [0.05, 0.1) is 11.9 Å². The van der Waals surface area contributed by atoms with E-state index in [1.165, 1.54) is 16.8 Å². The molecule has 0 saturated carbocycles. The zero-order valence-electron chi connectivity index (χ0n) is 18.0. The molecule has 2 aromatic heterocycles. The van der Waals surface area contributed by atoms with Gasteiger partial charge >= 0.3 is 5.91 Å². The van der Waals surface area contributed by atoms with E-state index in [9.17, 15) is 4.79 Å². The van der Waals surface area contributed by atoms with Crippen LogP contribution in [0, 0.1) is 20.8 Å². The third kappa shape index (κ3) is 4.01. The minimum absolute atomic E-state index is 0.187. The van der Waals surface area contributed by atoms with E-state index in [1.807, 2.05) is 0 Å². The van der Waals surface area contributed by atoms with Gasteiger partial charge in [-0.2, -0.15) is 5.10 Å². The van der Waals surface area contributed by atoms with Crippen molar-refractivity contribution in [3.63, 3.8) is 0 Å². The van der Waals surface area contributed by atoms with Crippen molar-refractivity contribution in [3.05, 3.63) is 87.4 Å². The van der Waals surface area contributed by atoms with Gasteiger partial charge in [-0.25, -0.2) is 5.43 Å². The van der Waals surface area contributed by atoms with Crippen LogP contribution in [0.2, 0.25) is 5.02 Å². The summed E-state index contributed by atoms with van der Waals surface area (Å²) in [6.07, 6.45) is 2.62. The maximum Gasteiger partial charge on any atom is 0.307 e. The molecule has 4 aromatic rings. The first-order valence-corrected chi connectivity index (χ1v) is 10.6. The van der Waals surface area contributed by atoms with E-state index >= 15 is 0 Å². The second kappa shape index (κ2) is 8.44. The summed E-state index contributed by atoms with van der Waals surface area (Å²) in [4.78, 5) is 12.4. The molecule has 0 bridgehead atoms. The van der Waals surface area contributed by atoms with E-state index in [4.69, 9.17) is 16.0 Å². The van der Waals surface area contributed by atoms with Gasteiger partial charge in [0.2, 0.25) is 0 Å². The topological polar surface area (TPSA) is 59.5 Å². The number of benzene rings is 2. The normalized spacial score (nSPS) is 11.5. The van der Waals surface area contributed by atoms with Crippen molar-refractivity contribution in [2.45, 2.75) is 34.1 Å². The summed E-state index contributed by atoms with van der Waals surface area (Å²) in [5, 5.41) is 5.52. The number of carbonyl (C=O) groups is 1. The molecule has 0 aliphatic rings. The smallest absolute Gasteiger partial charge is 0.307 e. The molecular formula is C25H24ClN3O2. The Labute approximate surface area is 186 Å². The molecule has 0 saturated heterocycles. The highest BCUT2D eigenvalue weighted by molar-refractivity contribution is 6.31. The molecule has 6 heteroatoms. The average Bonchev–Trinajstić information content (AvgIpc) is 3.28. The summed E-state index contributed by atoms with van der Waals surface area (Å²) in [6.45, 7) is 8.43. The molecule has 158 valence electrons. The number of nitrogens with one attached hydrogen (secondary N) is 1. The van der Waals surface area contributed by atoms with E-state index in [2.05, 4.69) is 67.1 Å². The summed E-state index contributed by atoms with van der Waals surface area (Å²) in [5.41, 5.74) is 10.0. The Morgan fingerprint density at radius 1 is 1.16 bits per heavy atom. The molecule has 0 aliphatic carbocycles. The molecule has 5 nitrogen and oxygen atoms in total. The maximum atomic E-state index is 12.4. The van der Waals surface area contributed by atoms with Crippen molar-refractivity contribution < 1.29 is 9.21 Å². The molecule has 0 radical (unpaired) electrons. The molecule has 2 heterocycles. The van der Waals surface area contributed by atoms with Gasteiger partial charge in [-0.1, -0.05) is 36.7 Å². The van der Waals surface area contributed by atoms with Crippen molar-refractivity contribution in [1.29, 1.82) is 0 Å². The van der Waals surface area contributed by atoms with Gasteiger partial charge in [-0.3, -0.25) is 4.79 Å². The fraction of sp³-hybridized carbons (Fsp3) is 0.200. The quantitative estimate of drug-likeness (QED) is 0.304. The van der Waals surface area contributed by atoms with Crippen molar-refractivity contribution in [3.8, 4) is 5.69 Å². The van der Waals surface area contributed by atoms with Gasteiger partial charge in [-0.05, 0) is 68.7 Å². The lowest BCUT2D eigenvalue weighted by Crippen LogP contribution is -2.16. The van der Waals surface area contributed by atoms with Gasteiger partial charge in [-0.15, -0.1) is 0 Å². The number of aryl methyl sites for hydroxylation is 3. The van der Waals surface area contributed by atoms with Crippen LogP contribution in [0.4, 0.5) is 0 Å². The second-order valence-corrected chi connectivity index (χ2v) is 8.03. The number of para-hydroxylation sites is 1. The summed E-state index contributed by atoms with van der Waals surface area (Å²) in [5.74, 6) is -0.225. The number of aromatic nitrogens is 1. The Morgan fingerprint density at radius 3 is 2.74 bits per heavy atom. The average molecular weight is 434 g/mol. The number of carbonyl (C=O) groups excluding carboxylic acids is 1. The number of hydrazone groups is 1. The molecule has 0 spiro atoms. The van der Waals surface area contributed by atoms with Crippen LogP contribution in [0.15, 0.2) is 58.0 Å². The SMILES string of the molecule is CCc1cccc(C)c1-n1c(C)cc(/C=N\NC(=O)c2cc3cc(Cl)ccc3o2)c1C. The lowest BCUT2D eigenvalue weighted by atomic mass is 10.1. The van der Waals surface area contributed by atoms with Crippen LogP contribution >= 0.6 is 11.6 Å². The fourth-order valence-electron chi connectivity index (χ4n) is 3.93. The molecule has 1 N–H and O–H groups in total. The molecule has 0 fully saturated rings. The van der Waals surface area contributed by atoms with Crippen LogP contribution in [0.25, 0.3) is 16.7 Å². The highest BCUT2D eigenvalue weighted by atomic mass is 35.5. The van der Waals surface area contributed by atoms with Crippen LogP contribution in [-0.4, -0.2) is 16.7 Å². The Balaban J connectivity index is 1.57. The van der Waals surface area contributed by atoms with Gasteiger partial charge in [0, 0.05) is 27.4 Å². The number of fused-ring (bicyclic) bond motifs is 1. The summed E-state index contributed by atoms with van der Waals surface area (Å²) < 4.78 is 7.83. The number of hydrogen-bond donors (Lipinski definition) is 1. The third-order valence-electron chi connectivity index (χ3n) is 5.47. The molecule has 0 atom stereocenters. The van der Waals surface area contributed by atoms with E-state index in [-0.39, 0.29) is 5.76 Å². The first-order valence-electron chi connectivity index (χ1n) is 10.2. The van der Waals surface area contributed by atoms with Crippen molar-refractivity contribution >= 4 is 34.7 Å². The molecule has 2 aromatic carbocycles. The number of furan rings is 1. The number of halogens is 1. The minimum Gasteiger partial charge on any atom is -0.451 e. The third-order valence-corrected chi connectivity index (χ3v) is 5.70. The highest BCUT2D eigenvalue weighted by Crippen LogP contribution is 2.26. The molecular weight excluding hydrogens is 410 g/mol. The number of amides is 1. The number of hydrogen-bond acceptors (Lipinski definition) is 3. The Morgan fingerprint density at radius 2 is 1.97 bits per heavy atom. The van der Waals surface area contributed by atoms with Crippen LogP contribution in [0.3, 0.4) is 0 Å². The van der Waals surface area contributed by atoms with E-state index in [1.54, 1.807) is 30.5 Å². The van der Waals surface area contributed by atoms with Crippen LogP contribution in [-0.2, 0) is 6.42 Å². The van der Waals surface area contributed by atoms with E-state index in [0.717, 1.165) is 28.8 Å². The molecule has 31 heavy (non-hydrogen) atoms. The molecule has 0 unspecified atom stereocenters. The van der Waals surface area contributed by atoms with E-state index in [0.29, 0.717) is 10.6 Å². The van der Waals surface area contributed by atoms with Crippen molar-refractivity contribution in [2.75, 3.05) is 0 Å². The van der Waals surface area contributed by atoms with Gasteiger partial charge in [0.1, 0.15) is 5.58 Å². The van der Waals surface area contributed by atoms with Crippen LogP contribution in [0.1, 0.15) is 45.6 Å². The Kier molecular flexibility index (Phi) is 5.70. The lowest BCUT2D eigenvalue weighted by Gasteiger charge is -2.17. The Bertz CT molecular complexity index is 1310. The number of nitrogens with zero attached hydrogens (tertiary/aromatic N) is 2. The maximum absolute atomic E-state index is 12.4. The molecule has 0 aliphatic heterocycles. The van der Waals surface area contributed by atoms with Crippen molar-refractivity contribution in [2.24, 2.45) is 5.10 Å². The van der Waals surface area contributed by atoms with Crippen molar-refractivity contribution in [1.82, 2.24) is 9.99 Å². The second-order valence-electron chi connectivity index (χ2n) is 7.59. The number of rotatable bonds is 5. The first-order chi connectivity index (χ1) is 14.9. The van der Waals surface area contributed by atoms with Gasteiger partial charge < -0.3 is 8.98 Å². The van der Waals surface area contributed by atoms with Gasteiger partial charge in [0.15, 0.2) is 5.76 Å². The van der Waals surface area contributed by atoms with Crippen LogP contribution < -0.4 is 5.43 Å². The first kappa shape index (κ1) is 20.9. The highest BCUT2D eigenvalue weighted by Gasteiger charge is 2.15. The fourth-order valence-corrected chi connectivity index (χ4v) is 4.11. The van der Waals surface area contributed by atoms with Crippen LogP contribution in [0.5, 0.6) is 0 Å². The lowest BCUT2D eigenvalue weighted by molar-refractivity contribution is 0.0929. The standard InChI is InChI=1S/C25H24ClN3O2/c1-5-18-8-6-7-15(2)24(18)29-16(3)11-20(17(29)4)14-27-28-25(30)23-13-19-12-21(26)9-10-22(19)31-23/h6-14H,5H2,1-4H3,(H,28,30)/b27-14-. The zero-order chi connectivity index (χ0) is 22.1. The summed E-state index contributed by atoms with van der Waals surface area (Å²) in [6, 6.07) is 15.3. The zero-order valence-corrected chi connectivity index (χ0v) is 18.7. The minimum atomic E-state index is -0.412. The summed E-state index contributed by atoms with van der Waals surface area (Å²) >= 11 is 5.99. The molecule has 4 rings (SSSR count).